The van der Waals surface area contributed by atoms with Crippen molar-refractivity contribution in [3.8, 4) is 11.5 Å². The number of carbonyl (C=O) groups is 2. The summed E-state index contributed by atoms with van der Waals surface area (Å²) >= 11 is 18.6. The van der Waals surface area contributed by atoms with E-state index in [4.69, 9.17) is 44.3 Å². The molecule has 0 unspecified atom stereocenters. The highest BCUT2D eigenvalue weighted by Gasteiger charge is 2.33. The predicted molar refractivity (Wildman–Crippen MR) is 170 cm³/mol. The number of sulfonamides is 1. The predicted octanol–water partition coefficient (Wildman–Crippen LogP) is 6.19. The molecule has 0 heterocycles. The molecular weight excluding hydrogens is 637 g/mol. The molecule has 0 aliphatic carbocycles. The fourth-order valence-corrected chi connectivity index (χ4v) is 6.22. The van der Waals surface area contributed by atoms with Crippen molar-refractivity contribution in [1.82, 2.24) is 10.2 Å². The number of methoxy groups -OCH3 is 2. The number of ether oxygens (including phenoxy) is 2. The maximum Gasteiger partial charge on any atom is 0.264 e. The molecule has 0 fully saturated rings. The highest BCUT2D eigenvalue weighted by molar-refractivity contribution is 7.92. The van der Waals surface area contributed by atoms with Gasteiger partial charge in [0, 0.05) is 34.2 Å². The molecule has 0 radical (unpaired) electrons. The lowest BCUT2D eigenvalue weighted by atomic mass is 10.1. The SMILES string of the molecule is CCCCNC(=O)[C@H](C)N(Cc1ccc(Cl)cc1Cl)C(=O)CN(c1ccc(Cl)cc1)S(=O)(=O)c1ccc(OC)c(OC)c1. The van der Waals surface area contributed by atoms with Crippen molar-refractivity contribution in [2.24, 2.45) is 0 Å². The number of unbranched alkanes of at least 4 members (excludes halogenated alkanes) is 1. The topological polar surface area (TPSA) is 105 Å². The molecule has 232 valence electrons. The van der Waals surface area contributed by atoms with E-state index in [0.29, 0.717) is 32.9 Å². The van der Waals surface area contributed by atoms with Gasteiger partial charge in [-0.15, -0.1) is 0 Å². The first-order valence-corrected chi connectivity index (χ1v) is 16.0. The Morgan fingerprint density at radius 3 is 2.16 bits per heavy atom. The Morgan fingerprint density at radius 2 is 1.56 bits per heavy atom. The first-order valence-electron chi connectivity index (χ1n) is 13.4. The van der Waals surface area contributed by atoms with Gasteiger partial charge in [0.1, 0.15) is 12.6 Å². The van der Waals surface area contributed by atoms with Gasteiger partial charge in [-0.1, -0.05) is 54.2 Å². The normalized spacial score (nSPS) is 11.9. The molecule has 0 spiro atoms. The highest BCUT2D eigenvalue weighted by atomic mass is 35.5. The minimum atomic E-state index is -4.34. The van der Waals surface area contributed by atoms with E-state index in [-0.39, 0.29) is 28.8 Å². The van der Waals surface area contributed by atoms with Crippen molar-refractivity contribution in [3.63, 3.8) is 0 Å². The van der Waals surface area contributed by atoms with E-state index in [1.165, 1.54) is 67.7 Å². The molecule has 0 saturated carbocycles. The molecule has 43 heavy (non-hydrogen) atoms. The largest absolute Gasteiger partial charge is 0.493 e. The summed E-state index contributed by atoms with van der Waals surface area (Å²) in [6.45, 7) is 3.32. The number of anilines is 1. The minimum absolute atomic E-state index is 0.0674. The standard InChI is InChI=1S/C30H34Cl3N3O6S/c1-5-6-15-34-30(38)20(2)35(18-21-7-8-23(32)16-26(21)33)29(37)19-36(24-11-9-22(31)10-12-24)43(39,40)25-13-14-27(41-3)28(17-25)42-4/h7-14,16-17,20H,5-6,15,18-19H2,1-4H3,(H,34,38)/t20-/m0/s1. The highest BCUT2D eigenvalue weighted by Crippen LogP contribution is 2.33. The third-order valence-electron chi connectivity index (χ3n) is 6.69. The number of halogens is 3. The summed E-state index contributed by atoms with van der Waals surface area (Å²) in [5.74, 6) is -0.484. The van der Waals surface area contributed by atoms with Gasteiger partial charge in [-0.2, -0.15) is 0 Å². The van der Waals surface area contributed by atoms with Crippen molar-refractivity contribution in [3.05, 3.63) is 81.3 Å². The lowest BCUT2D eigenvalue weighted by Crippen LogP contribution is -2.51. The first-order chi connectivity index (χ1) is 20.4. The lowest BCUT2D eigenvalue weighted by molar-refractivity contribution is -0.139. The molecule has 2 amide bonds. The Bertz CT molecular complexity index is 1540. The van der Waals surface area contributed by atoms with Crippen LogP contribution in [-0.2, 0) is 26.2 Å². The van der Waals surface area contributed by atoms with Crippen LogP contribution in [0, 0.1) is 0 Å². The van der Waals surface area contributed by atoms with Crippen LogP contribution < -0.4 is 19.1 Å². The Kier molecular flexibility index (Phi) is 12.4. The van der Waals surface area contributed by atoms with Gasteiger partial charge in [-0.05, 0) is 67.4 Å². The fourth-order valence-electron chi connectivity index (χ4n) is 4.19. The molecule has 9 nitrogen and oxygen atoms in total. The summed E-state index contributed by atoms with van der Waals surface area (Å²) in [7, 11) is -1.51. The Balaban J connectivity index is 2.06. The second-order valence-electron chi connectivity index (χ2n) is 9.58. The van der Waals surface area contributed by atoms with E-state index < -0.39 is 28.5 Å². The van der Waals surface area contributed by atoms with E-state index in [1.807, 2.05) is 6.92 Å². The van der Waals surface area contributed by atoms with Crippen LogP contribution in [0.25, 0.3) is 0 Å². The van der Waals surface area contributed by atoms with Crippen molar-refractivity contribution in [1.29, 1.82) is 0 Å². The molecule has 1 atom stereocenters. The van der Waals surface area contributed by atoms with Gasteiger partial charge in [0.15, 0.2) is 11.5 Å². The number of carbonyl (C=O) groups excluding carboxylic acids is 2. The van der Waals surface area contributed by atoms with Crippen LogP contribution in [0.3, 0.4) is 0 Å². The van der Waals surface area contributed by atoms with E-state index in [0.717, 1.165) is 17.1 Å². The molecule has 0 bridgehead atoms. The molecule has 1 N–H and O–H groups in total. The van der Waals surface area contributed by atoms with Crippen molar-refractivity contribution >= 4 is 62.3 Å². The zero-order valence-corrected chi connectivity index (χ0v) is 27.4. The number of hydrogen-bond donors (Lipinski definition) is 1. The number of nitrogens with one attached hydrogen (secondary N) is 1. The summed E-state index contributed by atoms with van der Waals surface area (Å²) in [5.41, 5.74) is 0.727. The molecule has 0 saturated heterocycles. The number of nitrogens with zero attached hydrogens (tertiary/aromatic N) is 2. The molecule has 3 aromatic carbocycles. The van der Waals surface area contributed by atoms with Gasteiger partial charge >= 0.3 is 0 Å². The molecule has 0 aromatic heterocycles. The maximum atomic E-state index is 14.1. The average Bonchev–Trinajstić information content (AvgIpc) is 2.99. The summed E-state index contributed by atoms with van der Waals surface area (Å²) in [4.78, 5) is 28.3. The van der Waals surface area contributed by atoms with Crippen LogP contribution in [-0.4, -0.2) is 58.5 Å². The minimum Gasteiger partial charge on any atom is -0.493 e. The van der Waals surface area contributed by atoms with Gasteiger partial charge in [0.05, 0.1) is 24.8 Å². The molecule has 0 aliphatic heterocycles. The van der Waals surface area contributed by atoms with Crippen LogP contribution in [0.1, 0.15) is 32.3 Å². The summed E-state index contributed by atoms with van der Waals surface area (Å²) < 4.78 is 39.7. The molecule has 3 aromatic rings. The van der Waals surface area contributed by atoms with E-state index in [9.17, 15) is 18.0 Å². The zero-order chi connectivity index (χ0) is 31.7. The van der Waals surface area contributed by atoms with E-state index >= 15 is 0 Å². The molecule has 0 aliphatic rings. The summed E-state index contributed by atoms with van der Waals surface area (Å²) in [6, 6.07) is 14.0. The molecule has 13 heteroatoms. The Morgan fingerprint density at radius 1 is 0.907 bits per heavy atom. The van der Waals surface area contributed by atoms with Crippen LogP contribution in [0.4, 0.5) is 5.69 Å². The maximum absolute atomic E-state index is 14.1. The quantitative estimate of drug-likeness (QED) is 0.205. The van der Waals surface area contributed by atoms with Crippen LogP contribution in [0.2, 0.25) is 15.1 Å². The third kappa shape index (κ3) is 8.69. The van der Waals surface area contributed by atoms with Crippen molar-refractivity contribution in [2.75, 3.05) is 31.6 Å². The van der Waals surface area contributed by atoms with Crippen LogP contribution in [0.5, 0.6) is 11.5 Å². The first kappa shape index (κ1) is 34.3. The summed E-state index contributed by atoms with van der Waals surface area (Å²) in [5, 5.41) is 3.94. The fraction of sp³-hybridized carbons (Fsp3) is 0.333. The van der Waals surface area contributed by atoms with E-state index in [2.05, 4.69) is 5.32 Å². The second-order valence-corrected chi connectivity index (χ2v) is 12.7. The van der Waals surface area contributed by atoms with Crippen molar-refractivity contribution < 1.29 is 27.5 Å². The van der Waals surface area contributed by atoms with E-state index in [1.54, 1.807) is 19.1 Å². The number of hydrogen-bond acceptors (Lipinski definition) is 6. The zero-order valence-electron chi connectivity index (χ0n) is 24.3. The van der Waals surface area contributed by atoms with Gasteiger partial charge in [-0.25, -0.2) is 8.42 Å². The van der Waals surface area contributed by atoms with Gasteiger partial charge in [-0.3, -0.25) is 13.9 Å². The third-order valence-corrected chi connectivity index (χ3v) is 9.30. The van der Waals surface area contributed by atoms with Crippen LogP contribution >= 0.6 is 34.8 Å². The average molecular weight is 671 g/mol. The monoisotopic (exact) mass is 669 g/mol. The van der Waals surface area contributed by atoms with Crippen LogP contribution in [0.15, 0.2) is 65.6 Å². The smallest absolute Gasteiger partial charge is 0.264 e. The van der Waals surface area contributed by atoms with Gasteiger partial charge in [0.25, 0.3) is 10.0 Å². The Hall–Kier alpha value is -3.18. The molecular formula is C30H34Cl3N3O6S. The number of rotatable bonds is 14. The van der Waals surface area contributed by atoms with Gasteiger partial charge < -0.3 is 19.7 Å². The molecule has 3 rings (SSSR count). The Labute approximate surface area is 267 Å². The number of benzene rings is 3. The van der Waals surface area contributed by atoms with Crippen molar-refractivity contribution in [2.45, 2.75) is 44.2 Å². The van der Waals surface area contributed by atoms with Gasteiger partial charge in [0.2, 0.25) is 11.8 Å². The number of amides is 2. The lowest BCUT2D eigenvalue weighted by Gasteiger charge is -2.32. The second kappa shape index (κ2) is 15.5. The summed E-state index contributed by atoms with van der Waals surface area (Å²) in [6.07, 6.45) is 1.64.